The van der Waals surface area contributed by atoms with Crippen molar-refractivity contribution in [1.29, 1.82) is 0 Å². The molecule has 0 amide bonds. The lowest BCUT2D eigenvalue weighted by Gasteiger charge is -2.09. The van der Waals surface area contributed by atoms with Crippen LogP contribution in [0.4, 0.5) is 0 Å². The molecule has 0 bridgehead atoms. The minimum atomic E-state index is -3.40. The molecule has 0 saturated carbocycles. The normalized spacial score (nSPS) is 11.5. The lowest BCUT2D eigenvalue weighted by molar-refractivity contribution is 0.315. The average Bonchev–Trinajstić information content (AvgIpc) is 2.49. The van der Waals surface area contributed by atoms with Gasteiger partial charge in [0.2, 0.25) is 10.0 Å². The molecule has 0 aliphatic heterocycles. The maximum Gasteiger partial charge on any atom is 0.240 e. The number of benzene rings is 1. The van der Waals surface area contributed by atoms with Crippen LogP contribution < -0.4 is 14.8 Å². The van der Waals surface area contributed by atoms with E-state index in [-0.39, 0.29) is 4.90 Å². The number of rotatable bonds is 11. The van der Waals surface area contributed by atoms with Crippen LogP contribution in [0.2, 0.25) is 0 Å². The molecule has 0 saturated heterocycles. The summed E-state index contributed by atoms with van der Waals surface area (Å²) in [7, 11) is -3.40. The fourth-order valence-electron chi connectivity index (χ4n) is 1.80. The van der Waals surface area contributed by atoms with Crippen molar-refractivity contribution >= 4 is 10.0 Å². The summed E-state index contributed by atoms with van der Waals surface area (Å²) in [6.07, 6.45) is 2.96. The maximum atomic E-state index is 12.0. The summed E-state index contributed by atoms with van der Waals surface area (Å²) in [5.74, 6) is 0.679. The van der Waals surface area contributed by atoms with Gasteiger partial charge in [-0.1, -0.05) is 26.7 Å². The Hall–Kier alpha value is -1.11. The molecule has 1 aromatic carbocycles. The molecular formula is C15H26N2O3S. The van der Waals surface area contributed by atoms with Gasteiger partial charge in [0.25, 0.3) is 0 Å². The Morgan fingerprint density at radius 3 is 2.38 bits per heavy atom. The minimum absolute atomic E-state index is 0.276. The first-order chi connectivity index (χ1) is 10.1. The second-order valence-corrected chi connectivity index (χ2v) is 6.55. The van der Waals surface area contributed by atoms with Crippen LogP contribution in [0.15, 0.2) is 29.2 Å². The van der Waals surface area contributed by atoms with Crippen LogP contribution in [0.5, 0.6) is 5.75 Å². The summed E-state index contributed by atoms with van der Waals surface area (Å²) >= 11 is 0. The Bertz CT molecular complexity index is 486. The van der Waals surface area contributed by atoms with Crippen LogP contribution in [0, 0.1) is 0 Å². The van der Waals surface area contributed by atoms with Crippen LogP contribution in [0.1, 0.15) is 33.1 Å². The first-order valence-electron chi connectivity index (χ1n) is 7.53. The third-order valence-electron chi connectivity index (χ3n) is 3.00. The van der Waals surface area contributed by atoms with E-state index in [9.17, 15) is 8.42 Å². The van der Waals surface area contributed by atoms with Crippen molar-refractivity contribution in [2.75, 3.05) is 26.2 Å². The molecule has 0 aliphatic carbocycles. The van der Waals surface area contributed by atoms with Crippen molar-refractivity contribution in [3.05, 3.63) is 24.3 Å². The smallest absolute Gasteiger partial charge is 0.240 e. The number of hydrogen-bond donors (Lipinski definition) is 2. The molecule has 0 aliphatic rings. The van der Waals surface area contributed by atoms with E-state index in [2.05, 4.69) is 17.0 Å². The van der Waals surface area contributed by atoms with Gasteiger partial charge in [0.1, 0.15) is 12.4 Å². The number of nitrogens with one attached hydrogen (secondary N) is 2. The first-order valence-corrected chi connectivity index (χ1v) is 9.01. The monoisotopic (exact) mass is 314 g/mol. The van der Waals surface area contributed by atoms with Crippen LogP contribution in [0.3, 0.4) is 0 Å². The van der Waals surface area contributed by atoms with Crippen LogP contribution in [-0.2, 0) is 10.0 Å². The number of unbranched alkanes of at least 4 members (excludes halogenated alkanes) is 2. The fourth-order valence-corrected chi connectivity index (χ4v) is 2.87. The zero-order chi connectivity index (χ0) is 15.6. The summed E-state index contributed by atoms with van der Waals surface area (Å²) in [4.78, 5) is 0.276. The predicted molar refractivity (Wildman–Crippen MR) is 85.2 cm³/mol. The molecule has 0 atom stereocenters. The third kappa shape index (κ3) is 6.93. The molecule has 0 aromatic heterocycles. The van der Waals surface area contributed by atoms with Gasteiger partial charge in [0.15, 0.2) is 0 Å². The quantitative estimate of drug-likeness (QED) is 0.614. The van der Waals surface area contributed by atoms with E-state index in [1.54, 1.807) is 24.3 Å². The van der Waals surface area contributed by atoms with Crippen molar-refractivity contribution < 1.29 is 13.2 Å². The highest BCUT2D eigenvalue weighted by atomic mass is 32.2. The van der Waals surface area contributed by atoms with Gasteiger partial charge in [-0.05, 0) is 37.2 Å². The van der Waals surface area contributed by atoms with E-state index < -0.39 is 10.0 Å². The van der Waals surface area contributed by atoms with Crippen molar-refractivity contribution in [1.82, 2.24) is 10.0 Å². The zero-order valence-corrected chi connectivity index (χ0v) is 13.7. The molecule has 0 fully saturated rings. The molecule has 2 N–H and O–H groups in total. The highest BCUT2D eigenvalue weighted by Crippen LogP contribution is 2.15. The lowest BCUT2D eigenvalue weighted by atomic mass is 10.3. The van der Waals surface area contributed by atoms with Gasteiger partial charge in [-0.15, -0.1) is 0 Å². The highest BCUT2D eigenvalue weighted by molar-refractivity contribution is 7.89. The van der Waals surface area contributed by atoms with Gasteiger partial charge in [-0.2, -0.15) is 0 Å². The highest BCUT2D eigenvalue weighted by Gasteiger charge is 2.12. The average molecular weight is 314 g/mol. The Morgan fingerprint density at radius 2 is 1.76 bits per heavy atom. The largest absolute Gasteiger partial charge is 0.492 e. The Morgan fingerprint density at radius 1 is 1.05 bits per heavy atom. The molecule has 0 spiro atoms. The van der Waals surface area contributed by atoms with Crippen molar-refractivity contribution in [3.8, 4) is 5.75 Å². The fraction of sp³-hybridized carbons (Fsp3) is 0.600. The number of sulfonamides is 1. The van der Waals surface area contributed by atoms with Crippen LogP contribution in [-0.4, -0.2) is 34.7 Å². The van der Waals surface area contributed by atoms with E-state index >= 15 is 0 Å². The number of hydrogen-bond acceptors (Lipinski definition) is 4. The molecule has 21 heavy (non-hydrogen) atoms. The van der Waals surface area contributed by atoms with E-state index in [0.717, 1.165) is 32.4 Å². The molecule has 5 nitrogen and oxygen atoms in total. The Kier molecular flexibility index (Phi) is 8.34. The van der Waals surface area contributed by atoms with Crippen molar-refractivity contribution in [2.45, 2.75) is 38.0 Å². The van der Waals surface area contributed by atoms with Gasteiger partial charge in [-0.3, -0.25) is 0 Å². The Labute approximate surface area is 128 Å². The Balaban J connectivity index is 2.48. The van der Waals surface area contributed by atoms with Crippen molar-refractivity contribution in [2.24, 2.45) is 0 Å². The van der Waals surface area contributed by atoms with Gasteiger partial charge in [0.05, 0.1) is 4.90 Å². The van der Waals surface area contributed by atoms with E-state index in [4.69, 9.17) is 4.74 Å². The summed E-state index contributed by atoms with van der Waals surface area (Å²) in [5, 5.41) is 3.16. The molecule has 1 rings (SSSR count). The summed E-state index contributed by atoms with van der Waals surface area (Å²) in [6, 6.07) is 6.52. The molecule has 0 heterocycles. The maximum absolute atomic E-state index is 12.0. The van der Waals surface area contributed by atoms with Gasteiger partial charge < -0.3 is 10.1 Å². The molecular weight excluding hydrogens is 288 g/mol. The van der Waals surface area contributed by atoms with Gasteiger partial charge in [-0.25, -0.2) is 13.1 Å². The van der Waals surface area contributed by atoms with Gasteiger partial charge in [0, 0.05) is 13.1 Å². The molecule has 0 radical (unpaired) electrons. The zero-order valence-electron chi connectivity index (χ0n) is 12.9. The van der Waals surface area contributed by atoms with E-state index in [1.165, 1.54) is 0 Å². The van der Waals surface area contributed by atoms with Crippen LogP contribution in [0.25, 0.3) is 0 Å². The van der Waals surface area contributed by atoms with E-state index in [0.29, 0.717) is 18.9 Å². The van der Waals surface area contributed by atoms with Crippen LogP contribution >= 0.6 is 0 Å². The molecule has 120 valence electrons. The molecule has 6 heteroatoms. The molecule has 0 unspecified atom stereocenters. The molecule has 1 aromatic rings. The standard InChI is InChI=1S/C15H26N2O3S/c1-3-5-6-11-17-21(18,19)15-9-7-14(8-10-15)20-13-12-16-4-2/h7-10,16-17H,3-6,11-13H2,1-2H3. The third-order valence-corrected chi connectivity index (χ3v) is 4.48. The first kappa shape index (κ1) is 17.9. The van der Waals surface area contributed by atoms with E-state index in [1.807, 2.05) is 6.92 Å². The second-order valence-electron chi connectivity index (χ2n) is 4.78. The van der Waals surface area contributed by atoms with Gasteiger partial charge >= 0.3 is 0 Å². The summed E-state index contributed by atoms with van der Waals surface area (Å²) in [5.41, 5.74) is 0. The van der Waals surface area contributed by atoms with Crippen molar-refractivity contribution in [3.63, 3.8) is 0 Å². The number of likely N-dealkylation sites (N-methyl/N-ethyl adjacent to an activating group) is 1. The summed E-state index contributed by atoms with van der Waals surface area (Å²) in [6.45, 7) is 6.85. The lowest BCUT2D eigenvalue weighted by Crippen LogP contribution is -2.24. The minimum Gasteiger partial charge on any atom is -0.492 e. The topological polar surface area (TPSA) is 67.4 Å². The predicted octanol–water partition coefficient (Wildman–Crippen LogP) is 2.14. The SMILES string of the molecule is CCCCCNS(=O)(=O)c1ccc(OCCNCC)cc1. The second kappa shape index (κ2) is 9.76. The number of ether oxygens (including phenoxy) is 1. The summed E-state index contributed by atoms with van der Waals surface area (Å²) < 4.78 is 32.2.